The second-order valence-electron chi connectivity index (χ2n) is 6.34. The lowest BCUT2D eigenvalue weighted by atomic mass is 9.81. The maximum Gasteiger partial charge on any atom is 0.265 e. The Morgan fingerprint density at radius 1 is 1.12 bits per heavy atom. The first-order chi connectivity index (χ1) is 12.0. The number of rotatable bonds is 4. The van der Waals surface area contributed by atoms with Crippen molar-refractivity contribution >= 4 is 40.3 Å². The van der Waals surface area contributed by atoms with Crippen molar-refractivity contribution in [2.75, 3.05) is 10.6 Å². The first-order valence-corrected chi connectivity index (χ1v) is 9.19. The van der Waals surface area contributed by atoms with Crippen molar-refractivity contribution in [1.82, 2.24) is 0 Å². The van der Waals surface area contributed by atoms with E-state index in [-0.39, 0.29) is 29.4 Å². The van der Waals surface area contributed by atoms with Crippen molar-refractivity contribution < 1.29 is 14.4 Å². The number of hydrogen-bond donors (Lipinski definition) is 2. The molecular weight excluding hydrogens is 336 g/mol. The highest BCUT2D eigenvalue weighted by molar-refractivity contribution is 7.12. The molecule has 6 heteroatoms. The molecule has 0 unspecified atom stereocenters. The fourth-order valence-corrected chi connectivity index (χ4v) is 3.62. The van der Waals surface area contributed by atoms with Gasteiger partial charge in [-0.05, 0) is 42.5 Å². The number of carbonyl (C=O) groups is 3. The summed E-state index contributed by atoms with van der Waals surface area (Å²) in [4.78, 5) is 36.8. The molecule has 1 saturated carbocycles. The van der Waals surface area contributed by atoms with Crippen molar-refractivity contribution in [1.29, 1.82) is 0 Å². The third kappa shape index (κ3) is 4.33. The lowest BCUT2D eigenvalue weighted by molar-refractivity contribution is -0.128. The molecule has 1 aromatic carbocycles. The molecule has 2 N–H and O–H groups in total. The molecule has 2 aromatic rings. The van der Waals surface area contributed by atoms with Crippen LogP contribution in [0.2, 0.25) is 0 Å². The molecule has 1 aliphatic carbocycles. The van der Waals surface area contributed by atoms with Gasteiger partial charge in [0.2, 0.25) is 5.91 Å². The Labute approximate surface area is 150 Å². The standard InChI is InChI=1S/C19H20N2O3S/c1-12-10-13(7-8-16(12)22)18(23)20-14-4-2-5-15(11-14)21-19(24)17-6-3-9-25-17/h2-6,9,11-13H,7-8,10H2,1H3,(H,20,23)(H,21,24)/t12-,13+/m1/s1. The molecule has 0 bridgehead atoms. The molecule has 5 nitrogen and oxygen atoms in total. The van der Waals surface area contributed by atoms with Gasteiger partial charge in [-0.1, -0.05) is 19.1 Å². The highest BCUT2D eigenvalue weighted by atomic mass is 32.1. The highest BCUT2D eigenvalue weighted by Gasteiger charge is 2.29. The van der Waals surface area contributed by atoms with Crippen LogP contribution in [0.5, 0.6) is 0 Å². The predicted molar refractivity (Wildman–Crippen MR) is 98.9 cm³/mol. The molecule has 25 heavy (non-hydrogen) atoms. The van der Waals surface area contributed by atoms with E-state index in [4.69, 9.17) is 0 Å². The number of benzene rings is 1. The van der Waals surface area contributed by atoms with Gasteiger partial charge in [0, 0.05) is 29.6 Å². The summed E-state index contributed by atoms with van der Waals surface area (Å²) in [7, 11) is 0. The van der Waals surface area contributed by atoms with E-state index in [2.05, 4.69) is 10.6 Å². The minimum absolute atomic E-state index is 0.0547. The van der Waals surface area contributed by atoms with Crippen molar-refractivity contribution in [2.24, 2.45) is 11.8 Å². The zero-order chi connectivity index (χ0) is 17.8. The third-order valence-corrected chi connectivity index (χ3v) is 5.30. The van der Waals surface area contributed by atoms with Gasteiger partial charge in [-0.2, -0.15) is 0 Å². The zero-order valence-electron chi connectivity index (χ0n) is 14.0. The lowest BCUT2D eigenvalue weighted by Gasteiger charge is -2.24. The number of hydrogen-bond acceptors (Lipinski definition) is 4. The van der Waals surface area contributed by atoms with Crippen LogP contribution in [0.15, 0.2) is 41.8 Å². The van der Waals surface area contributed by atoms with Gasteiger partial charge in [-0.15, -0.1) is 11.3 Å². The predicted octanol–water partition coefficient (Wildman–Crippen LogP) is 3.94. The molecule has 2 amide bonds. The van der Waals surface area contributed by atoms with E-state index in [0.29, 0.717) is 35.5 Å². The summed E-state index contributed by atoms with van der Waals surface area (Å²) in [5, 5.41) is 7.57. The van der Waals surface area contributed by atoms with Gasteiger partial charge in [-0.3, -0.25) is 14.4 Å². The van der Waals surface area contributed by atoms with Gasteiger partial charge < -0.3 is 10.6 Å². The Bertz CT molecular complexity index is 786. The van der Waals surface area contributed by atoms with Crippen LogP contribution in [0.1, 0.15) is 35.9 Å². The molecule has 0 radical (unpaired) electrons. The van der Waals surface area contributed by atoms with Gasteiger partial charge in [0.1, 0.15) is 5.78 Å². The van der Waals surface area contributed by atoms with Crippen LogP contribution in [-0.4, -0.2) is 17.6 Å². The minimum Gasteiger partial charge on any atom is -0.326 e. The van der Waals surface area contributed by atoms with Crippen molar-refractivity contribution in [3.05, 3.63) is 46.7 Å². The molecule has 3 rings (SSSR count). The quantitative estimate of drug-likeness (QED) is 0.871. The fraction of sp³-hybridized carbons (Fsp3) is 0.316. The number of nitrogens with one attached hydrogen (secondary N) is 2. The molecule has 1 aliphatic rings. The van der Waals surface area contributed by atoms with E-state index >= 15 is 0 Å². The van der Waals surface area contributed by atoms with Crippen LogP contribution >= 0.6 is 11.3 Å². The monoisotopic (exact) mass is 356 g/mol. The summed E-state index contributed by atoms with van der Waals surface area (Å²) >= 11 is 1.37. The SMILES string of the molecule is C[C@@H]1C[C@@H](C(=O)Nc2cccc(NC(=O)c3cccs3)c2)CCC1=O. The minimum atomic E-state index is -0.168. The van der Waals surface area contributed by atoms with Crippen LogP contribution in [-0.2, 0) is 9.59 Å². The molecule has 0 aliphatic heterocycles. The van der Waals surface area contributed by atoms with Crippen LogP contribution in [0, 0.1) is 11.8 Å². The second kappa shape index (κ2) is 7.61. The van der Waals surface area contributed by atoms with Crippen LogP contribution in [0.25, 0.3) is 0 Å². The molecule has 1 aromatic heterocycles. The number of anilines is 2. The summed E-state index contributed by atoms with van der Waals surface area (Å²) in [6.45, 7) is 1.88. The van der Waals surface area contributed by atoms with Crippen LogP contribution in [0.4, 0.5) is 11.4 Å². The maximum absolute atomic E-state index is 12.4. The van der Waals surface area contributed by atoms with Gasteiger partial charge in [0.15, 0.2) is 0 Å². The Hall–Kier alpha value is -2.47. The molecule has 0 spiro atoms. The molecule has 2 atom stereocenters. The zero-order valence-corrected chi connectivity index (χ0v) is 14.8. The first kappa shape index (κ1) is 17.4. The highest BCUT2D eigenvalue weighted by Crippen LogP contribution is 2.27. The van der Waals surface area contributed by atoms with Crippen LogP contribution in [0.3, 0.4) is 0 Å². The van der Waals surface area contributed by atoms with E-state index in [0.717, 1.165) is 0 Å². The normalized spacial score (nSPS) is 20.1. The molecule has 0 saturated heterocycles. The van der Waals surface area contributed by atoms with E-state index in [1.807, 2.05) is 18.4 Å². The molecule has 1 fully saturated rings. The third-order valence-electron chi connectivity index (χ3n) is 4.43. The first-order valence-electron chi connectivity index (χ1n) is 8.31. The summed E-state index contributed by atoms with van der Waals surface area (Å²) in [5.74, 6) is -0.195. The second-order valence-corrected chi connectivity index (χ2v) is 7.29. The number of carbonyl (C=O) groups excluding carboxylic acids is 3. The van der Waals surface area contributed by atoms with Gasteiger partial charge >= 0.3 is 0 Å². The fourth-order valence-electron chi connectivity index (χ4n) is 3.00. The Morgan fingerprint density at radius 2 is 1.88 bits per heavy atom. The summed E-state index contributed by atoms with van der Waals surface area (Å²) < 4.78 is 0. The lowest BCUT2D eigenvalue weighted by Crippen LogP contribution is -2.31. The Kier molecular flexibility index (Phi) is 5.28. The Morgan fingerprint density at radius 3 is 2.56 bits per heavy atom. The largest absolute Gasteiger partial charge is 0.326 e. The van der Waals surface area contributed by atoms with Gasteiger partial charge in [-0.25, -0.2) is 0 Å². The number of amides is 2. The Balaban J connectivity index is 1.62. The van der Waals surface area contributed by atoms with E-state index in [1.165, 1.54) is 11.3 Å². The molecular formula is C19H20N2O3S. The average molecular weight is 356 g/mol. The van der Waals surface area contributed by atoms with E-state index < -0.39 is 0 Å². The molecule has 130 valence electrons. The summed E-state index contributed by atoms with van der Waals surface area (Å²) in [5.41, 5.74) is 1.27. The van der Waals surface area contributed by atoms with Crippen molar-refractivity contribution in [2.45, 2.75) is 26.2 Å². The van der Waals surface area contributed by atoms with Gasteiger partial charge in [0.25, 0.3) is 5.91 Å². The molecule has 1 heterocycles. The van der Waals surface area contributed by atoms with Gasteiger partial charge in [0.05, 0.1) is 4.88 Å². The summed E-state index contributed by atoms with van der Waals surface area (Å²) in [6.07, 6.45) is 1.67. The number of thiophene rings is 1. The average Bonchev–Trinajstić information content (AvgIpc) is 3.12. The van der Waals surface area contributed by atoms with E-state index in [1.54, 1.807) is 30.3 Å². The smallest absolute Gasteiger partial charge is 0.265 e. The number of ketones is 1. The van der Waals surface area contributed by atoms with Crippen molar-refractivity contribution in [3.8, 4) is 0 Å². The maximum atomic E-state index is 12.4. The van der Waals surface area contributed by atoms with Crippen LogP contribution < -0.4 is 10.6 Å². The summed E-state index contributed by atoms with van der Waals surface area (Å²) in [6, 6.07) is 10.7. The number of Topliss-reactive ketones (excluding diaryl/α,β-unsaturated/α-hetero) is 1. The van der Waals surface area contributed by atoms with Crippen molar-refractivity contribution in [3.63, 3.8) is 0 Å². The van der Waals surface area contributed by atoms with E-state index in [9.17, 15) is 14.4 Å². The topological polar surface area (TPSA) is 75.3 Å².